The first kappa shape index (κ1) is 14.5. The van der Waals surface area contributed by atoms with Crippen LogP contribution >= 0.6 is 0 Å². The number of fused-ring (bicyclic) bond motifs is 1. The molecule has 2 nitrogen and oxygen atoms in total. The Morgan fingerprint density at radius 1 is 1.26 bits per heavy atom. The van der Waals surface area contributed by atoms with E-state index in [1.807, 2.05) is 0 Å². The second-order valence-electron chi connectivity index (χ2n) is 5.59. The van der Waals surface area contributed by atoms with Crippen molar-refractivity contribution in [3.05, 3.63) is 35.4 Å². The molecule has 0 spiro atoms. The predicted molar refractivity (Wildman–Crippen MR) is 82.5 cm³/mol. The predicted octanol–water partition coefficient (Wildman–Crippen LogP) is 3.38. The largest absolute Gasteiger partial charge is 0.309 e. The number of rotatable bonds is 6. The van der Waals surface area contributed by atoms with Gasteiger partial charge in [-0.05, 0) is 44.0 Å². The molecule has 0 fully saturated rings. The molecule has 1 aromatic rings. The number of hydrogen-bond acceptors (Lipinski definition) is 2. The van der Waals surface area contributed by atoms with Gasteiger partial charge in [0.05, 0.1) is 0 Å². The molecule has 0 aromatic heterocycles. The third-order valence-electron chi connectivity index (χ3n) is 4.58. The molecular formula is C17H28N2. The van der Waals surface area contributed by atoms with E-state index < -0.39 is 0 Å². The molecule has 2 heteroatoms. The maximum absolute atomic E-state index is 3.70. The highest BCUT2D eigenvalue weighted by Gasteiger charge is 2.36. The van der Waals surface area contributed by atoms with E-state index in [0.29, 0.717) is 18.1 Å². The molecule has 3 unspecified atom stereocenters. The summed E-state index contributed by atoms with van der Waals surface area (Å²) >= 11 is 0. The summed E-state index contributed by atoms with van der Waals surface area (Å²) in [6.45, 7) is 11.3. The van der Waals surface area contributed by atoms with E-state index in [-0.39, 0.29) is 0 Å². The van der Waals surface area contributed by atoms with E-state index in [0.717, 1.165) is 13.1 Å². The lowest BCUT2D eigenvalue weighted by Crippen LogP contribution is -2.47. The van der Waals surface area contributed by atoms with Crippen LogP contribution in [0.2, 0.25) is 0 Å². The molecule has 3 atom stereocenters. The Bertz CT molecular complexity index is 402. The Morgan fingerprint density at radius 3 is 2.63 bits per heavy atom. The van der Waals surface area contributed by atoms with Gasteiger partial charge in [-0.15, -0.1) is 0 Å². The molecule has 0 bridgehead atoms. The van der Waals surface area contributed by atoms with Gasteiger partial charge in [-0.1, -0.05) is 45.0 Å². The Kier molecular flexibility index (Phi) is 5.00. The van der Waals surface area contributed by atoms with Crippen LogP contribution in [0.3, 0.4) is 0 Å². The molecule has 1 aliphatic carbocycles. The van der Waals surface area contributed by atoms with Crippen molar-refractivity contribution < 1.29 is 0 Å². The van der Waals surface area contributed by atoms with Crippen LogP contribution in [0.15, 0.2) is 24.3 Å². The number of benzene rings is 1. The lowest BCUT2D eigenvalue weighted by Gasteiger charge is -2.37. The zero-order valence-corrected chi connectivity index (χ0v) is 12.8. The summed E-state index contributed by atoms with van der Waals surface area (Å²) in [7, 11) is 0. The Labute approximate surface area is 118 Å². The first-order valence-corrected chi connectivity index (χ1v) is 7.79. The molecule has 1 N–H and O–H groups in total. The van der Waals surface area contributed by atoms with Crippen molar-refractivity contribution in [3.8, 4) is 0 Å². The normalized spacial score (nSPS) is 23.6. The van der Waals surface area contributed by atoms with Gasteiger partial charge in [0.1, 0.15) is 0 Å². The summed E-state index contributed by atoms with van der Waals surface area (Å²) < 4.78 is 0. The number of likely N-dealkylation sites (N-methyl/N-ethyl adjacent to an activating group) is 2. The average molecular weight is 260 g/mol. The monoisotopic (exact) mass is 260 g/mol. The van der Waals surface area contributed by atoms with Gasteiger partial charge in [-0.25, -0.2) is 0 Å². The van der Waals surface area contributed by atoms with Gasteiger partial charge >= 0.3 is 0 Å². The minimum Gasteiger partial charge on any atom is -0.309 e. The second kappa shape index (κ2) is 6.53. The third kappa shape index (κ3) is 2.85. The molecule has 0 saturated carbocycles. The summed E-state index contributed by atoms with van der Waals surface area (Å²) in [5, 5.41) is 3.70. The fraction of sp³-hybridized carbons (Fsp3) is 0.647. The minimum absolute atomic E-state index is 0.496. The Hall–Kier alpha value is -0.860. The van der Waals surface area contributed by atoms with Crippen LogP contribution in [0.5, 0.6) is 0 Å². The second-order valence-corrected chi connectivity index (χ2v) is 5.59. The van der Waals surface area contributed by atoms with Crippen molar-refractivity contribution in [1.29, 1.82) is 0 Å². The van der Waals surface area contributed by atoms with Gasteiger partial charge in [-0.3, -0.25) is 4.90 Å². The van der Waals surface area contributed by atoms with Crippen LogP contribution in [0.25, 0.3) is 0 Å². The first-order valence-electron chi connectivity index (χ1n) is 7.79. The highest BCUT2D eigenvalue weighted by atomic mass is 15.2. The SMILES string of the molecule is CCNC1c2ccccc2CC1N(CC)C(C)CC. The third-order valence-corrected chi connectivity index (χ3v) is 4.58. The summed E-state index contributed by atoms with van der Waals surface area (Å²) in [6.07, 6.45) is 2.41. The van der Waals surface area contributed by atoms with Crippen molar-refractivity contribution in [2.24, 2.45) is 0 Å². The maximum Gasteiger partial charge on any atom is 0.0484 e. The lowest BCUT2D eigenvalue weighted by molar-refractivity contribution is 0.125. The van der Waals surface area contributed by atoms with Gasteiger partial charge in [0, 0.05) is 18.1 Å². The number of nitrogens with one attached hydrogen (secondary N) is 1. The van der Waals surface area contributed by atoms with E-state index >= 15 is 0 Å². The number of nitrogens with zero attached hydrogens (tertiary/aromatic N) is 1. The standard InChI is InChI=1S/C17H28N2/c1-5-13(4)19(7-3)16-12-14-10-8-9-11-15(14)17(16)18-6-2/h8-11,13,16-18H,5-7,12H2,1-4H3. The van der Waals surface area contributed by atoms with Crippen LogP contribution in [-0.2, 0) is 6.42 Å². The molecule has 106 valence electrons. The number of hydrogen-bond donors (Lipinski definition) is 1. The quantitative estimate of drug-likeness (QED) is 0.843. The van der Waals surface area contributed by atoms with E-state index in [4.69, 9.17) is 0 Å². The topological polar surface area (TPSA) is 15.3 Å². The summed E-state index contributed by atoms with van der Waals surface area (Å²) in [4.78, 5) is 2.67. The van der Waals surface area contributed by atoms with Crippen molar-refractivity contribution in [3.63, 3.8) is 0 Å². The maximum atomic E-state index is 3.70. The van der Waals surface area contributed by atoms with Crippen LogP contribution in [0, 0.1) is 0 Å². The summed E-state index contributed by atoms with van der Waals surface area (Å²) in [5.74, 6) is 0. The van der Waals surface area contributed by atoms with E-state index in [2.05, 4.69) is 62.2 Å². The highest BCUT2D eigenvalue weighted by Crippen LogP contribution is 2.35. The molecule has 0 radical (unpaired) electrons. The van der Waals surface area contributed by atoms with E-state index in [1.165, 1.54) is 24.0 Å². The van der Waals surface area contributed by atoms with Crippen molar-refractivity contribution in [2.45, 2.75) is 58.7 Å². The Morgan fingerprint density at radius 2 is 2.00 bits per heavy atom. The molecule has 0 amide bonds. The van der Waals surface area contributed by atoms with Gasteiger partial charge in [0.15, 0.2) is 0 Å². The van der Waals surface area contributed by atoms with E-state index in [9.17, 15) is 0 Å². The highest BCUT2D eigenvalue weighted by molar-refractivity contribution is 5.37. The fourth-order valence-corrected chi connectivity index (χ4v) is 3.46. The molecular weight excluding hydrogens is 232 g/mol. The molecule has 1 aromatic carbocycles. The summed E-state index contributed by atoms with van der Waals surface area (Å²) in [6, 6.07) is 10.7. The van der Waals surface area contributed by atoms with Crippen molar-refractivity contribution in [1.82, 2.24) is 10.2 Å². The zero-order chi connectivity index (χ0) is 13.8. The van der Waals surface area contributed by atoms with E-state index in [1.54, 1.807) is 0 Å². The fourth-order valence-electron chi connectivity index (χ4n) is 3.46. The van der Waals surface area contributed by atoms with Crippen LogP contribution in [-0.4, -0.2) is 30.1 Å². The smallest absolute Gasteiger partial charge is 0.0484 e. The molecule has 1 aliphatic rings. The molecule has 0 saturated heterocycles. The van der Waals surface area contributed by atoms with Gasteiger partial charge in [0.2, 0.25) is 0 Å². The Balaban J connectivity index is 2.26. The van der Waals surface area contributed by atoms with Crippen LogP contribution in [0.1, 0.15) is 51.3 Å². The minimum atomic E-state index is 0.496. The van der Waals surface area contributed by atoms with Gasteiger partial charge in [0.25, 0.3) is 0 Å². The van der Waals surface area contributed by atoms with Gasteiger partial charge in [-0.2, -0.15) is 0 Å². The first-order chi connectivity index (χ1) is 9.22. The zero-order valence-electron chi connectivity index (χ0n) is 12.8. The molecule has 0 heterocycles. The van der Waals surface area contributed by atoms with Crippen LogP contribution < -0.4 is 5.32 Å². The van der Waals surface area contributed by atoms with Crippen LogP contribution in [0.4, 0.5) is 0 Å². The lowest BCUT2D eigenvalue weighted by atomic mass is 10.0. The average Bonchev–Trinajstić information content (AvgIpc) is 2.79. The van der Waals surface area contributed by atoms with Gasteiger partial charge < -0.3 is 5.32 Å². The molecule has 2 rings (SSSR count). The molecule has 19 heavy (non-hydrogen) atoms. The summed E-state index contributed by atoms with van der Waals surface area (Å²) in [5.41, 5.74) is 3.04. The van der Waals surface area contributed by atoms with Crippen molar-refractivity contribution >= 4 is 0 Å². The molecule has 0 aliphatic heterocycles. The van der Waals surface area contributed by atoms with Crippen molar-refractivity contribution in [2.75, 3.05) is 13.1 Å².